The van der Waals surface area contributed by atoms with Crippen molar-refractivity contribution in [3.8, 4) is 27.9 Å². The molecule has 11 aromatic rings. The molecular formula is C57H40N3PS. The van der Waals surface area contributed by atoms with Gasteiger partial charge in [0, 0.05) is 58.7 Å². The number of nitrogens with zero attached hydrogens (tertiary/aromatic N) is 3. The first-order chi connectivity index (χ1) is 30.5. The second-order valence-corrected chi connectivity index (χ2v) is 20.0. The van der Waals surface area contributed by atoms with Gasteiger partial charge >= 0.3 is 0 Å². The van der Waals surface area contributed by atoms with Gasteiger partial charge in [-0.15, -0.1) is 11.3 Å². The van der Waals surface area contributed by atoms with Gasteiger partial charge < -0.3 is 4.57 Å². The average molecular weight is 830 g/mol. The maximum atomic E-state index is 2.57. The molecule has 62 heavy (non-hydrogen) atoms. The average Bonchev–Trinajstić information content (AvgIpc) is 4.03. The zero-order valence-electron chi connectivity index (χ0n) is 34.3. The first kappa shape index (κ1) is 35.8. The second kappa shape index (κ2) is 13.5. The molecule has 0 amide bonds. The van der Waals surface area contributed by atoms with E-state index in [1.54, 1.807) is 0 Å². The molecule has 0 spiro atoms. The Balaban J connectivity index is 0.971. The summed E-state index contributed by atoms with van der Waals surface area (Å²) in [5.41, 5.74) is 16.4. The van der Waals surface area contributed by atoms with Gasteiger partial charge in [0.25, 0.3) is 0 Å². The number of thiophene rings is 1. The predicted molar refractivity (Wildman–Crippen MR) is 267 cm³/mol. The molecule has 2 aliphatic rings. The molecule has 0 radical (unpaired) electrons. The van der Waals surface area contributed by atoms with Crippen molar-refractivity contribution in [1.29, 1.82) is 0 Å². The number of aromatic nitrogens is 1. The maximum Gasteiger partial charge on any atom is 0.138 e. The minimum atomic E-state index is -0.973. The SMILES string of the molecule is CC1(C)c2ccccc2-c2cc3c4ccccc4n(-c4ccc5sc6ccc(-c7ccc8c(c7)N(c7ccccc7)P(c7ccccc7)N8c7ccccc7)cc6c5c4)c3cc21. The fraction of sp³-hybridized carbons (Fsp3) is 0.0526. The Labute approximate surface area is 366 Å². The van der Waals surface area contributed by atoms with Crippen LogP contribution in [0.5, 0.6) is 0 Å². The first-order valence-corrected chi connectivity index (χ1v) is 23.4. The molecule has 1 aliphatic heterocycles. The molecule has 13 rings (SSSR count). The quantitative estimate of drug-likeness (QED) is 0.160. The minimum Gasteiger partial charge on any atom is -0.309 e. The van der Waals surface area contributed by atoms with Gasteiger partial charge in [-0.05, 0) is 118 Å². The first-order valence-electron chi connectivity index (χ1n) is 21.4. The zero-order valence-corrected chi connectivity index (χ0v) is 36.0. The summed E-state index contributed by atoms with van der Waals surface area (Å²) >= 11 is 1.88. The highest BCUT2D eigenvalue weighted by Crippen LogP contribution is 2.65. The second-order valence-electron chi connectivity index (χ2n) is 17.1. The molecule has 0 fully saturated rings. The van der Waals surface area contributed by atoms with E-state index in [9.17, 15) is 0 Å². The highest BCUT2D eigenvalue weighted by atomic mass is 32.1. The van der Waals surface area contributed by atoms with Crippen LogP contribution in [0.25, 0.3) is 69.9 Å². The van der Waals surface area contributed by atoms with Gasteiger partial charge in [0.1, 0.15) is 8.22 Å². The van der Waals surface area contributed by atoms with E-state index in [0.29, 0.717) is 0 Å². The van der Waals surface area contributed by atoms with E-state index >= 15 is 0 Å². The molecule has 0 saturated heterocycles. The van der Waals surface area contributed by atoms with Crippen LogP contribution in [0.15, 0.2) is 206 Å². The third-order valence-electron chi connectivity index (χ3n) is 13.2. The van der Waals surface area contributed by atoms with E-state index in [-0.39, 0.29) is 5.41 Å². The van der Waals surface area contributed by atoms with Gasteiger partial charge in [-0.3, -0.25) is 9.34 Å². The number of para-hydroxylation sites is 3. The van der Waals surface area contributed by atoms with E-state index in [1.165, 1.54) is 109 Å². The van der Waals surface area contributed by atoms with Crippen LogP contribution in [-0.4, -0.2) is 4.57 Å². The van der Waals surface area contributed by atoms with Crippen LogP contribution in [0.3, 0.4) is 0 Å². The number of rotatable bonds is 5. The molecule has 1 unspecified atom stereocenters. The summed E-state index contributed by atoms with van der Waals surface area (Å²) in [6.45, 7) is 4.75. The minimum absolute atomic E-state index is 0.0791. The fourth-order valence-electron chi connectivity index (χ4n) is 10.3. The largest absolute Gasteiger partial charge is 0.309 e. The number of anilines is 4. The highest BCUT2D eigenvalue weighted by Gasteiger charge is 2.40. The summed E-state index contributed by atoms with van der Waals surface area (Å²) in [5.74, 6) is 0. The smallest absolute Gasteiger partial charge is 0.138 e. The lowest BCUT2D eigenvalue weighted by molar-refractivity contribution is 0.661. The van der Waals surface area contributed by atoms with Crippen LogP contribution >= 0.6 is 19.6 Å². The van der Waals surface area contributed by atoms with E-state index in [1.807, 2.05) is 11.3 Å². The number of hydrogen-bond donors (Lipinski definition) is 0. The molecule has 294 valence electrons. The van der Waals surface area contributed by atoms with Crippen LogP contribution in [-0.2, 0) is 5.41 Å². The molecule has 2 aromatic heterocycles. The summed E-state index contributed by atoms with van der Waals surface area (Å²) in [6, 6.07) is 76.8. The molecule has 5 heteroatoms. The molecule has 0 N–H and O–H groups in total. The van der Waals surface area contributed by atoms with Crippen LogP contribution in [0, 0.1) is 0 Å². The highest BCUT2D eigenvalue weighted by molar-refractivity contribution is 7.70. The van der Waals surface area contributed by atoms with Crippen LogP contribution in [0.4, 0.5) is 22.7 Å². The van der Waals surface area contributed by atoms with Crippen LogP contribution < -0.4 is 14.6 Å². The molecule has 1 atom stereocenters. The molecule has 1 aliphatic carbocycles. The standard InChI is InChI=1S/C57H40N3PS/c1-57(2)49-24-14-12-22-43(49)45-35-46-44-23-13-15-25-51(44)58(53(46)36-50(45)57)41-28-31-56-48(34-41)47-32-37(27-30-55(47)62-56)38-26-29-52-54(33-38)60(40-18-8-4-9-19-40)61(42-20-10-5-11-21-42)59(52)39-16-6-3-7-17-39/h3-36H,1-2H3. The molecule has 0 saturated carbocycles. The summed E-state index contributed by atoms with van der Waals surface area (Å²) in [5, 5.41) is 6.47. The maximum absolute atomic E-state index is 2.57. The van der Waals surface area contributed by atoms with E-state index in [2.05, 4.69) is 234 Å². The van der Waals surface area contributed by atoms with Gasteiger partial charge in [0.2, 0.25) is 0 Å². The van der Waals surface area contributed by atoms with Crippen LogP contribution in [0.1, 0.15) is 25.0 Å². The van der Waals surface area contributed by atoms with E-state index in [0.717, 1.165) is 0 Å². The van der Waals surface area contributed by atoms with Crippen molar-refractivity contribution in [2.75, 3.05) is 9.34 Å². The fourth-order valence-corrected chi connectivity index (χ4v) is 13.9. The third kappa shape index (κ3) is 5.21. The van der Waals surface area contributed by atoms with Gasteiger partial charge in [0.05, 0.1) is 22.4 Å². The Morgan fingerprint density at radius 1 is 0.403 bits per heavy atom. The Bertz CT molecular complexity index is 3570. The normalized spacial score (nSPS) is 15.2. The molecular weight excluding hydrogens is 790 g/mol. The Morgan fingerprint density at radius 3 is 1.79 bits per heavy atom. The van der Waals surface area contributed by atoms with Gasteiger partial charge in [-0.1, -0.05) is 135 Å². The lowest BCUT2D eigenvalue weighted by Gasteiger charge is -2.32. The molecule has 0 bridgehead atoms. The molecule has 3 nitrogen and oxygen atoms in total. The number of fused-ring (bicyclic) bond motifs is 10. The Kier molecular flexibility index (Phi) is 7.79. The summed E-state index contributed by atoms with van der Waals surface area (Å²) in [6.07, 6.45) is 0. The Hall–Kier alpha value is -6.97. The Morgan fingerprint density at radius 2 is 1.02 bits per heavy atom. The number of benzene rings is 9. The topological polar surface area (TPSA) is 11.4 Å². The van der Waals surface area contributed by atoms with Crippen molar-refractivity contribution in [2.45, 2.75) is 19.3 Å². The van der Waals surface area contributed by atoms with Gasteiger partial charge in [-0.2, -0.15) is 0 Å². The van der Waals surface area contributed by atoms with Crippen molar-refractivity contribution in [3.63, 3.8) is 0 Å². The van der Waals surface area contributed by atoms with E-state index in [4.69, 9.17) is 0 Å². The van der Waals surface area contributed by atoms with Gasteiger partial charge in [0.15, 0.2) is 0 Å². The number of hydrogen-bond acceptors (Lipinski definition) is 3. The molecule has 3 heterocycles. The van der Waals surface area contributed by atoms with Gasteiger partial charge in [-0.25, -0.2) is 0 Å². The monoisotopic (exact) mass is 829 g/mol. The predicted octanol–water partition coefficient (Wildman–Crippen LogP) is 16.1. The third-order valence-corrected chi connectivity index (χ3v) is 16.8. The van der Waals surface area contributed by atoms with Crippen molar-refractivity contribution in [3.05, 3.63) is 217 Å². The summed E-state index contributed by atoms with van der Waals surface area (Å²) in [7, 11) is -0.973. The van der Waals surface area contributed by atoms with Crippen molar-refractivity contribution < 1.29 is 0 Å². The summed E-state index contributed by atoms with van der Waals surface area (Å²) < 4.78 is 10.2. The lowest BCUT2D eigenvalue weighted by atomic mass is 9.82. The molecule has 9 aromatic carbocycles. The van der Waals surface area contributed by atoms with E-state index < -0.39 is 8.22 Å². The zero-order chi connectivity index (χ0) is 41.1. The summed E-state index contributed by atoms with van der Waals surface area (Å²) in [4.78, 5) is 0. The lowest BCUT2D eigenvalue weighted by Crippen LogP contribution is -2.21. The van der Waals surface area contributed by atoms with Crippen molar-refractivity contribution in [1.82, 2.24) is 4.57 Å². The van der Waals surface area contributed by atoms with Crippen LogP contribution in [0.2, 0.25) is 0 Å². The van der Waals surface area contributed by atoms with Crippen molar-refractivity contribution >= 4 is 89.6 Å². The van der Waals surface area contributed by atoms with Crippen molar-refractivity contribution in [2.24, 2.45) is 0 Å².